The molecule has 0 saturated carbocycles. The van der Waals surface area contributed by atoms with Crippen LogP contribution in [0.5, 0.6) is 0 Å². The molecule has 0 saturated heterocycles. The average Bonchev–Trinajstić information content (AvgIpc) is 3.31. The molecule has 0 unspecified atom stereocenters. The van der Waals surface area contributed by atoms with Gasteiger partial charge in [-0.3, -0.25) is 0 Å². The van der Waals surface area contributed by atoms with E-state index in [9.17, 15) is 4.79 Å². The second-order valence-corrected chi connectivity index (χ2v) is 6.70. The predicted octanol–water partition coefficient (Wildman–Crippen LogP) is 4.45. The Balaban J connectivity index is 1.47. The summed E-state index contributed by atoms with van der Waals surface area (Å²) in [6, 6.07) is 13.6. The molecule has 0 aliphatic heterocycles. The van der Waals surface area contributed by atoms with Gasteiger partial charge in [0.05, 0.1) is 5.56 Å². The monoisotopic (exact) mass is 348 g/mol. The molecule has 1 aliphatic rings. The van der Waals surface area contributed by atoms with E-state index >= 15 is 0 Å². The van der Waals surface area contributed by atoms with E-state index in [0.717, 1.165) is 30.4 Å². The van der Waals surface area contributed by atoms with Gasteiger partial charge in [0.2, 0.25) is 5.89 Å². The van der Waals surface area contributed by atoms with Crippen LogP contribution in [0.1, 0.15) is 52.4 Å². The molecule has 0 spiro atoms. The van der Waals surface area contributed by atoms with Crippen molar-refractivity contribution in [2.24, 2.45) is 0 Å². The summed E-state index contributed by atoms with van der Waals surface area (Å²) >= 11 is 0. The third-order valence-electron chi connectivity index (χ3n) is 4.70. The predicted molar refractivity (Wildman–Crippen MR) is 96.8 cm³/mol. The van der Waals surface area contributed by atoms with Crippen molar-refractivity contribution in [3.63, 3.8) is 0 Å². The second-order valence-electron chi connectivity index (χ2n) is 6.70. The summed E-state index contributed by atoms with van der Waals surface area (Å²) in [5.41, 5.74) is 5.13. The fraction of sp³-hybridized carbons (Fsp3) is 0.286. The van der Waals surface area contributed by atoms with Crippen LogP contribution < -0.4 is 0 Å². The molecule has 0 amide bonds. The van der Waals surface area contributed by atoms with Gasteiger partial charge in [0, 0.05) is 5.56 Å². The Labute approximate surface area is 152 Å². The average molecular weight is 348 g/mol. The highest BCUT2D eigenvalue weighted by Crippen LogP contribution is 2.26. The Hall–Kier alpha value is -2.95. The largest absolute Gasteiger partial charge is 0.449 e. The van der Waals surface area contributed by atoms with E-state index in [0.29, 0.717) is 11.5 Å². The van der Waals surface area contributed by atoms with Crippen LogP contribution in [0.2, 0.25) is 0 Å². The smallest absolute Gasteiger partial charge is 0.338 e. The first-order valence-corrected chi connectivity index (χ1v) is 8.83. The van der Waals surface area contributed by atoms with Crippen molar-refractivity contribution in [2.45, 2.75) is 39.2 Å². The highest BCUT2D eigenvalue weighted by molar-refractivity contribution is 5.90. The first kappa shape index (κ1) is 16.5. The Morgan fingerprint density at radius 1 is 1.08 bits per heavy atom. The maximum Gasteiger partial charge on any atom is 0.338 e. The molecule has 4 rings (SSSR count). The van der Waals surface area contributed by atoms with Gasteiger partial charge in [-0.1, -0.05) is 23.8 Å². The molecule has 0 bridgehead atoms. The van der Waals surface area contributed by atoms with Crippen molar-refractivity contribution >= 4 is 5.97 Å². The molecular weight excluding hydrogens is 328 g/mol. The van der Waals surface area contributed by atoms with E-state index < -0.39 is 6.10 Å². The van der Waals surface area contributed by atoms with Crippen LogP contribution in [0.15, 0.2) is 46.9 Å². The number of carbonyl (C=O) groups is 1. The summed E-state index contributed by atoms with van der Waals surface area (Å²) in [6.45, 7) is 3.75. The van der Waals surface area contributed by atoms with Crippen molar-refractivity contribution in [1.82, 2.24) is 10.2 Å². The van der Waals surface area contributed by atoms with Crippen LogP contribution >= 0.6 is 0 Å². The number of rotatable bonds is 4. The number of aromatic nitrogens is 2. The molecule has 1 atom stereocenters. The normalized spacial score (nSPS) is 14.1. The Morgan fingerprint density at radius 2 is 1.85 bits per heavy atom. The number of benzene rings is 2. The standard InChI is InChI=1S/C21H20N2O3/c1-13-6-8-16(9-7-13)20-23-22-19(26-20)14(2)25-21(24)18-11-10-15-4-3-5-17(15)12-18/h6-12,14H,3-5H2,1-2H3/t14-/m0/s1. The molecule has 3 aromatic rings. The minimum Gasteiger partial charge on any atom is -0.449 e. The summed E-state index contributed by atoms with van der Waals surface area (Å²) in [7, 11) is 0. The Morgan fingerprint density at radius 3 is 2.65 bits per heavy atom. The van der Waals surface area contributed by atoms with E-state index in [2.05, 4.69) is 10.2 Å². The summed E-state index contributed by atoms with van der Waals surface area (Å²) < 4.78 is 11.2. The lowest BCUT2D eigenvalue weighted by molar-refractivity contribution is 0.0280. The van der Waals surface area contributed by atoms with Crippen LogP contribution in [-0.4, -0.2) is 16.2 Å². The first-order valence-electron chi connectivity index (χ1n) is 8.83. The van der Waals surface area contributed by atoms with Gasteiger partial charge in [0.25, 0.3) is 5.89 Å². The van der Waals surface area contributed by atoms with Gasteiger partial charge in [-0.25, -0.2) is 4.79 Å². The van der Waals surface area contributed by atoms with E-state index in [1.165, 1.54) is 11.1 Å². The van der Waals surface area contributed by atoms with Crippen LogP contribution in [0.4, 0.5) is 0 Å². The van der Waals surface area contributed by atoms with Crippen LogP contribution in [0.3, 0.4) is 0 Å². The third kappa shape index (κ3) is 3.25. The van der Waals surface area contributed by atoms with Crippen molar-refractivity contribution < 1.29 is 13.9 Å². The van der Waals surface area contributed by atoms with E-state index in [1.54, 1.807) is 6.92 Å². The van der Waals surface area contributed by atoms with E-state index in [1.807, 2.05) is 49.4 Å². The zero-order chi connectivity index (χ0) is 18.1. The summed E-state index contributed by atoms with van der Waals surface area (Å²) in [6.07, 6.45) is 2.65. The number of aryl methyl sites for hydroxylation is 3. The molecule has 0 fully saturated rings. The third-order valence-corrected chi connectivity index (χ3v) is 4.70. The maximum atomic E-state index is 12.4. The molecule has 1 heterocycles. The molecule has 0 radical (unpaired) electrons. The Bertz CT molecular complexity index is 944. The zero-order valence-corrected chi connectivity index (χ0v) is 14.9. The van der Waals surface area contributed by atoms with Gasteiger partial charge in [-0.05, 0) is 68.5 Å². The van der Waals surface area contributed by atoms with Crippen LogP contribution in [-0.2, 0) is 17.6 Å². The van der Waals surface area contributed by atoms with Crippen LogP contribution in [0.25, 0.3) is 11.5 Å². The van der Waals surface area contributed by atoms with Gasteiger partial charge in [0.15, 0.2) is 6.10 Å². The molecule has 132 valence electrons. The number of carbonyl (C=O) groups excluding carboxylic acids is 1. The van der Waals surface area contributed by atoms with Crippen molar-refractivity contribution in [3.05, 3.63) is 70.6 Å². The number of esters is 1. The number of hydrogen-bond acceptors (Lipinski definition) is 5. The molecule has 1 aromatic heterocycles. The minimum atomic E-state index is -0.609. The molecule has 5 heteroatoms. The SMILES string of the molecule is Cc1ccc(-c2nnc([C@H](C)OC(=O)c3ccc4c(c3)CCC4)o2)cc1. The summed E-state index contributed by atoms with van der Waals surface area (Å²) in [4.78, 5) is 12.4. The fourth-order valence-corrected chi connectivity index (χ4v) is 3.19. The highest BCUT2D eigenvalue weighted by Gasteiger charge is 2.21. The van der Waals surface area contributed by atoms with Crippen LogP contribution in [0, 0.1) is 6.92 Å². The molecule has 26 heavy (non-hydrogen) atoms. The zero-order valence-electron chi connectivity index (χ0n) is 14.9. The van der Waals surface area contributed by atoms with Gasteiger partial charge in [0.1, 0.15) is 0 Å². The summed E-state index contributed by atoms with van der Waals surface area (Å²) in [5.74, 6) is 0.331. The molecule has 0 N–H and O–H groups in total. The van der Waals surface area contributed by atoms with Gasteiger partial charge in [-0.15, -0.1) is 10.2 Å². The molecular formula is C21H20N2O3. The second kappa shape index (κ2) is 6.75. The van der Waals surface area contributed by atoms with Crippen molar-refractivity contribution in [3.8, 4) is 11.5 Å². The number of ether oxygens (including phenoxy) is 1. The number of hydrogen-bond donors (Lipinski definition) is 0. The number of fused-ring (bicyclic) bond motifs is 1. The fourth-order valence-electron chi connectivity index (χ4n) is 3.19. The minimum absolute atomic E-state index is 0.287. The highest BCUT2D eigenvalue weighted by atomic mass is 16.6. The van der Waals surface area contributed by atoms with Gasteiger partial charge < -0.3 is 9.15 Å². The molecule has 2 aromatic carbocycles. The number of nitrogens with zero attached hydrogens (tertiary/aromatic N) is 2. The first-order chi connectivity index (χ1) is 12.6. The lowest BCUT2D eigenvalue weighted by Gasteiger charge is -2.10. The van der Waals surface area contributed by atoms with E-state index in [4.69, 9.17) is 9.15 Å². The quantitative estimate of drug-likeness (QED) is 0.652. The van der Waals surface area contributed by atoms with Gasteiger partial charge >= 0.3 is 5.97 Å². The Kier molecular flexibility index (Phi) is 4.29. The van der Waals surface area contributed by atoms with Gasteiger partial charge in [-0.2, -0.15) is 0 Å². The topological polar surface area (TPSA) is 65.2 Å². The lowest BCUT2D eigenvalue weighted by atomic mass is 10.1. The maximum absolute atomic E-state index is 12.4. The lowest BCUT2D eigenvalue weighted by Crippen LogP contribution is -2.10. The van der Waals surface area contributed by atoms with Crippen molar-refractivity contribution in [1.29, 1.82) is 0 Å². The molecule has 5 nitrogen and oxygen atoms in total. The molecule has 1 aliphatic carbocycles. The van der Waals surface area contributed by atoms with E-state index in [-0.39, 0.29) is 11.9 Å². The van der Waals surface area contributed by atoms with Crippen molar-refractivity contribution in [2.75, 3.05) is 0 Å². The summed E-state index contributed by atoms with van der Waals surface area (Å²) in [5, 5.41) is 8.08.